The molecule has 1 saturated carbocycles. The van der Waals surface area contributed by atoms with Crippen molar-refractivity contribution in [3.8, 4) is 11.6 Å². The SMILES string of the molecule is COc1ccc(C2(CNC(=O)c3ccc(-n4cnnc4)nc3)CCCC2)cc1. The molecule has 4 rings (SSSR count). The Morgan fingerprint density at radius 1 is 1.11 bits per heavy atom. The summed E-state index contributed by atoms with van der Waals surface area (Å²) in [5.74, 6) is 1.41. The second kappa shape index (κ2) is 7.80. The number of carbonyl (C=O) groups is 1. The van der Waals surface area contributed by atoms with Gasteiger partial charge < -0.3 is 10.1 Å². The first kappa shape index (κ1) is 18.2. The van der Waals surface area contributed by atoms with Crippen molar-refractivity contribution >= 4 is 5.91 Å². The van der Waals surface area contributed by atoms with Crippen LogP contribution in [-0.2, 0) is 5.41 Å². The van der Waals surface area contributed by atoms with Gasteiger partial charge in [-0.3, -0.25) is 9.36 Å². The van der Waals surface area contributed by atoms with Crippen LogP contribution in [0.2, 0.25) is 0 Å². The summed E-state index contributed by atoms with van der Waals surface area (Å²) in [6.45, 7) is 0.616. The smallest absolute Gasteiger partial charge is 0.252 e. The summed E-state index contributed by atoms with van der Waals surface area (Å²) < 4.78 is 6.96. The van der Waals surface area contributed by atoms with Gasteiger partial charge in [-0.05, 0) is 42.7 Å². The van der Waals surface area contributed by atoms with Gasteiger partial charge in [-0.25, -0.2) is 4.98 Å². The first-order valence-corrected chi connectivity index (χ1v) is 9.44. The second-order valence-corrected chi connectivity index (χ2v) is 7.17. The fourth-order valence-corrected chi connectivity index (χ4v) is 3.91. The maximum atomic E-state index is 12.7. The van der Waals surface area contributed by atoms with Crippen LogP contribution in [0.5, 0.6) is 5.75 Å². The van der Waals surface area contributed by atoms with E-state index in [2.05, 4.69) is 32.6 Å². The average Bonchev–Trinajstić information content (AvgIpc) is 3.45. The Bertz CT molecular complexity index is 914. The van der Waals surface area contributed by atoms with E-state index >= 15 is 0 Å². The number of ether oxygens (including phenoxy) is 1. The summed E-state index contributed by atoms with van der Waals surface area (Å²) in [4.78, 5) is 17.0. The zero-order valence-electron chi connectivity index (χ0n) is 15.8. The van der Waals surface area contributed by atoms with Crippen LogP contribution < -0.4 is 10.1 Å². The number of methoxy groups -OCH3 is 1. The summed E-state index contributed by atoms with van der Waals surface area (Å²) in [7, 11) is 1.67. The molecule has 2 aromatic heterocycles. The monoisotopic (exact) mass is 377 g/mol. The number of aromatic nitrogens is 4. The van der Waals surface area contributed by atoms with Crippen molar-refractivity contribution in [3.63, 3.8) is 0 Å². The maximum Gasteiger partial charge on any atom is 0.252 e. The van der Waals surface area contributed by atoms with Gasteiger partial charge in [-0.2, -0.15) is 0 Å². The Balaban J connectivity index is 1.46. The van der Waals surface area contributed by atoms with Crippen LogP contribution in [0.4, 0.5) is 0 Å². The lowest BCUT2D eigenvalue weighted by Gasteiger charge is -2.30. The molecule has 28 heavy (non-hydrogen) atoms. The molecule has 7 heteroatoms. The van der Waals surface area contributed by atoms with Gasteiger partial charge in [0.15, 0.2) is 0 Å². The Kier molecular flexibility index (Phi) is 5.06. The lowest BCUT2D eigenvalue weighted by atomic mass is 9.78. The minimum atomic E-state index is -0.109. The third-order valence-corrected chi connectivity index (χ3v) is 5.54. The fourth-order valence-electron chi connectivity index (χ4n) is 3.91. The summed E-state index contributed by atoms with van der Waals surface area (Å²) in [5, 5.41) is 10.6. The van der Waals surface area contributed by atoms with Crippen LogP contribution in [0.3, 0.4) is 0 Å². The minimum Gasteiger partial charge on any atom is -0.497 e. The molecule has 7 nitrogen and oxygen atoms in total. The third-order valence-electron chi connectivity index (χ3n) is 5.54. The first-order chi connectivity index (χ1) is 13.7. The van der Waals surface area contributed by atoms with Crippen molar-refractivity contribution < 1.29 is 9.53 Å². The number of pyridine rings is 1. The molecule has 0 saturated heterocycles. The Morgan fingerprint density at radius 3 is 2.43 bits per heavy atom. The molecule has 0 aliphatic heterocycles. The zero-order chi connectivity index (χ0) is 19.4. The van der Waals surface area contributed by atoms with Crippen molar-refractivity contribution in [2.45, 2.75) is 31.1 Å². The summed E-state index contributed by atoms with van der Waals surface area (Å²) >= 11 is 0. The second-order valence-electron chi connectivity index (χ2n) is 7.17. The van der Waals surface area contributed by atoms with E-state index in [9.17, 15) is 4.79 Å². The highest BCUT2D eigenvalue weighted by Gasteiger charge is 2.36. The van der Waals surface area contributed by atoms with E-state index in [1.165, 1.54) is 18.4 Å². The van der Waals surface area contributed by atoms with E-state index in [1.54, 1.807) is 42.7 Å². The Morgan fingerprint density at radius 2 is 1.82 bits per heavy atom. The molecule has 1 aliphatic rings. The van der Waals surface area contributed by atoms with Crippen LogP contribution in [0, 0.1) is 0 Å². The molecule has 1 fully saturated rings. The largest absolute Gasteiger partial charge is 0.497 e. The number of hydrogen-bond acceptors (Lipinski definition) is 5. The molecule has 2 heterocycles. The number of amides is 1. The van der Waals surface area contributed by atoms with E-state index in [0.29, 0.717) is 17.9 Å². The van der Waals surface area contributed by atoms with E-state index in [1.807, 2.05) is 12.1 Å². The van der Waals surface area contributed by atoms with E-state index in [-0.39, 0.29) is 11.3 Å². The molecule has 144 valence electrons. The number of rotatable bonds is 6. The highest BCUT2D eigenvalue weighted by molar-refractivity contribution is 5.94. The Hall–Kier alpha value is -3.22. The number of benzene rings is 1. The highest BCUT2D eigenvalue weighted by Crippen LogP contribution is 2.41. The van der Waals surface area contributed by atoms with E-state index in [4.69, 9.17) is 4.74 Å². The molecule has 1 aromatic carbocycles. The lowest BCUT2D eigenvalue weighted by Crippen LogP contribution is -2.39. The fraction of sp³-hybridized carbons (Fsp3) is 0.333. The molecule has 0 radical (unpaired) electrons. The topological polar surface area (TPSA) is 81.9 Å². The third kappa shape index (κ3) is 3.60. The minimum absolute atomic E-state index is 0.0161. The molecule has 1 aliphatic carbocycles. The summed E-state index contributed by atoms with van der Waals surface area (Å²) in [5.41, 5.74) is 1.78. The normalized spacial score (nSPS) is 15.3. The van der Waals surface area contributed by atoms with Crippen LogP contribution in [0.25, 0.3) is 5.82 Å². The van der Waals surface area contributed by atoms with Gasteiger partial charge >= 0.3 is 0 Å². The number of carbonyl (C=O) groups excluding carboxylic acids is 1. The van der Waals surface area contributed by atoms with E-state index < -0.39 is 0 Å². The quantitative estimate of drug-likeness (QED) is 0.714. The van der Waals surface area contributed by atoms with Gasteiger partial charge in [-0.1, -0.05) is 25.0 Å². The molecule has 3 aromatic rings. The van der Waals surface area contributed by atoms with Gasteiger partial charge in [0.05, 0.1) is 12.7 Å². The first-order valence-electron chi connectivity index (χ1n) is 9.44. The van der Waals surface area contributed by atoms with Crippen LogP contribution in [0.1, 0.15) is 41.6 Å². The summed E-state index contributed by atoms with van der Waals surface area (Å²) in [6.07, 6.45) is 9.23. The predicted octanol–water partition coefficient (Wildman–Crippen LogP) is 2.91. The van der Waals surface area contributed by atoms with Crippen molar-refractivity contribution in [2.75, 3.05) is 13.7 Å². The number of nitrogens with one attached hydrogen (secondary N) is 1. The highest BCUT2D eigenvalue weighted by atomic mass is 16.5. The van der Waals surface area contributed by atoms with Crippen molar-refractivity contribution in [1.29, 1.82) is 0 Å². The molecule has 0 unspecified atom stereocenters. The number of hydrogen-bond donors (Lipinski definition) is 1. The molecule has 1 amide bonds. The molecule has 0 atom stereocenters. The summed E-state index contributed by atoms with van der Waals surface area (Å²) in [6, 6.07) is 11.8. The van der Waals surface area contributed by atoms with Crippen LogP contribution in [-0.4, -0.2) is 39.3 Å². The van der Waals surface area contributed by atoms with Crippen molar-refractivity contribution in [3.05, 3.63) is 66.4 Å². The number of nitrogens with zero attached hydrogens (tertiary/aromatic N) is 4. The van der Waals surface area contributed by atoms with E-state index in [0.717, 1.165) is 18.6 Å². The molecule has 1 N–H and O–H groups in total. The van der Waals surface area contributed by atoms with Crippen molar-refractivity contribution in [1.82, 2.24) is 25.1 Å². The van der Waals surface area contributed by atoms with Crippen molar-refractivity contribution in [2.24, 2.45) is 0 Å². The molecule has 0 bridgehead atoms. The van der Waals surface area contributed by atoms with Gasteiger partial charge in [-0.15, -0.1) is 10.2 Å². The molecular formula is C21H23N5O2. The van der Waals surface area contributed by atoms with Gasteiger partial charge in [0.1, 0.15) is 24.2 Å². The zero-order valence-corrected chi connectivity index (χ0v) is 15.8. The lowest BCUT2D eigenvalue weighted by molar-refractivity contribution is 0.0942. The maximum absolute atomic E-state index is 12.7. The van der Waals surface area contributed by atoms with Gasteiger partial charge in [0.25, 0.3) is 5.91 Å². The van der Waals surface area contributed by atoms with Gasteiger partial charge in [0.2, 0.25) is 0 Å². The average molecular weight is 377 g/mol. The van der Waals surface area contributed by atoms with Crippen LogP contribution in [0.15, 0.2) is 55.2 Å². The molecule has 0 spiro atoms. The standard InChI is InChI=1S/C21H23N5O2/c1-28-18-7-5-17(6-8-18)21(10-2-3-11-21)13-23-20(27)16-4-9-19(22-12-16)26-14-24-25-15-26/h4-9,12,14-15H,2-3,10-11,13H2,1H3,(H,23,27). The molecular weight excluding hydrogens is 354 g/mol. The Labute approximate surface area is 163 Å². The van der Waals surface area contributed by atoms with Crippen LogP contribution >= 0.6 is 0 Å². The predicted molar refractivity (Wildman–Crippen MR) is 105 cm³/mol. The van der Waals surface area contributed by atoms with Gasteiger partial charge in [0, 0.05) is 18.2 Å².